The molecule has 0 unspecified atom stereocenters. The summed E-state index contributed by atoms with van der Waals surface area (Å²) in [5.74, 6) is 0.890. The molecule has 3 nitrogen and oxygen atoms in total. The lowest BCUT2D eigenvalue weighted by molar-refractivity contribution is 0.172. The number of aliphatic hydroxyl groups is 1. The van der Waals surface area contributed by atoms with Gasteiger partial charge in [-0.2, -0.15) is 0 Å². The molecule has 0 saturated carbocycles. The summed E-state index contributed by atoms with van der Waals surface area (Å²) in [5.41, 5.74) is 2.03. The van der Waals surface area contributed by atoms with Crippen molar-refractivity contribution in [3.8, 4) is 0 Å². The van der Waals surface area contributed by atoms with E-state index >= 15 is 0 Å². The molecule has 15 heavy (non-hydrogen) atoms. The van der Waals surface area contributed by atoms with Gasteiger partial charge in [0.15, 0.2) is 0 Å². The van der Waals surface area contributed by atoms with Gasteiger partial charge in [0.2, 0.25) is 0 Å². The summed E-state index contributed by atoms with van der Waals surface area (Å²) < 4.78 is 0. The number of pyridine rings is 1. The second-order valence-corrected chi connectivity index (χ2v) is 3.78. The molecule has 2 N–H and O–H groups in total. The van der Waals surface area contributed by atoms with E-state index in [0.717, 1.165) is 36.3 Å². The summed E-state index contributed by atoms with van der Waals surface area (Å²) in [6.45, 7) is 7.03. The van der Waals surface area contributed by atoms with E-state index in [1.54, 1.807) is 6.20 Å². The summed E-state index contributed by atoms with van der Waals surface area (Å²) >= 11 is 0. The fourth-order valence-corrected chi connectivity index (χ4v) is 1.49. The zero-order valence-corrected chi connectivity index (χ0v) is 9.75. The smallest absolute Gasteiger partial charge is 0.126 e. The summed E-state index contributed by atoms with van der Waals surface area (Å²) in [4.78, 5) is 4.27. The third kappa shape index (κ3) is 3.20. The first-order chi connectivity index (χ1) is 7.19. The maximum absolute atomic E-state index is 9.72. The number of nitrogens with zero attached hydrogens (tertiary/aromatic N) is 1. The molecule has 1 rings (SSSR count). The molecule has 3 heteroatoms. The molecule has 1 atom stereocenters. The Morgan fingerprint density at radius 2 is 2.20 bits per heavy atom. The van der Waals surface area contributed by atoms with E-state index in [4.69, 9.17) is 0 Å². The van der Waals surface area contributed by atoms with Crippen molar-refractivity contribution in [2.24, 2.45) is 0 Å². The molecule has 1 aromatic rings. The third-order valence-electron chi connectivity index (χ3n) is 2.45. The Balaban J connectivity index is 2.78. The zero-order chi connectivity index (χ0) is 11.3. The van der Waals surface area contributed by atoms with Crippen LogP contribution >= 0.6 is 0 Å². The van der Waals surface area contributed by atoms with E-state index in [0.29, 0.717) is 0 Å². The highest BCUT2D eigenvalue weighted by molar-refractivity contribution is 5.41. The minimum absolute atomic E-state index is 0.391. The van der Waals surface area contributed by atoms with Crippen molar-refractivity contribution < 1.29 is 5.11 Å². The molecule has 0 aliphatic heterocycles. The number of anilines is 1. The molecular weight excluding hydrogens is 188 g/mol. The third-order valence-corrected chi connectivity index (χ3v) is 2.45. The van der Waals surface area contributed by atoms with Crippen LogP contribution in [0.25, 0.3) is 0 Å². The van der Waals surface area contributed by atoms with Gasteiger partial charge in [0.25, 0.3) is 0 Å². The second-order valence-electron chi connectivity index (χ2n) is 3.78. The first-order valence-electron chi connectivity index (χ1n) is 5.57. The number of aryl methyl sites for hydroxylation is 1. The van der Waals surface area contributed by atoms with Gasteiger partial charge in [0.1, 0.15) is 5.82 Å². The summed E-state index contributed by atoms with van der Waals surface area (Å²) in [7, 11) is 0. The molecule has 0 aromatic carbocycles. The van der Waals surface area contributed by atoms with Crippen molar-refractivity contribution in [3.05, 3.63) is 23.4 Å². The Morgan fingerprint density at radius 3 is 2.73 bits per heavy atom. The van der Waals surface area contributed by atoms with Gasteiger partial charge in [-0.3, -0.25) is 0 Å². The van der Waals surface area contributed by atoms with Crippen LogP contribution in [-0.2, 0) is 0 Å². The largest absolute Gasteiger partial charge is 0.388 e. The predicted octanol–water partition coefficient (Wildman–Crippen LogP) is 2.66. The summed E-state index contributed by atoms with van der Waals surface area (Å²) in [6, 6.07) is 1.99. The maximum atomic E-state index is 9.72. The summed E-state index contributed by atoms with van der Waals surface area (Å²) in [6.07, 6.45) is 3.18. The minimum atomic E-state index is -0.391. The quantitative estimate of drug-likeness (QED) is 0.782. The lowest BCUT2D eigenvalue weighted by Gasteiger charge is -2.12. The van der Waals surface area contributed by atoms with Crippen LogP contribution < -0.4 is 5.32 Å². The van der Waals surface area contributed by atoms with Crippen LogP contribution in [0.1, 0.15) is 43.9 Å². The Labute approximate surface area is 91.5 Å². The SMILES string of the molecule is CCCNc1cc(C)c([C@H](O)CC)cn1. The molecule has 0 amide bonds. The molecule has 0 aliphatic carbocycles. The fraction of sp³-hybridized carbons (Fsp3) is 0.583. The Kier molecular flexibility index (Phi) is 4.56. The van der Waals surface area contributed by atoms with Crippen LogP contribution in [0.5, 0.6) is 0 Å². The van der Waals surface area contributed by atoms with Crippen LogP contribution in [0.3, 0.4) is 0 Å². The van der Waals surface area contributed by atoms with Crippen LogP contribution in [0.4, 0.5) is 5.82 Å². The van der Waals surface area contributed by atoms with E-state index in [9.17, 15) is 5.11 Å². The number of hydrogen-bond donors (Lipinski definition) is 2. The average Bonchev–Trinajstić information content (AvgIpc) is 2.25. The number of rotatable bonds is 5. The molecule has 84 valence electrons. The molecule has 0 bridgehead atoms. The van der Waals surface area contributed by atoms with Crippen LogP contribution in [-0.4, -0.2) is 16.6 Å². The van der Waals surface area contributed by atoms with Gasteiger partial charge in [-0.25, -0.2) is 4.98 Å². The van der Waals surface area contributed by atoms with E-state index in [1.165, 1.54) is 0 Å². The molecule has 0 radical (unpaired) electrons. The lowest BCUT2D eigenvalue weighted by Crippen LogP contribution is -2.05. The van der Waals surface area contributed by atoms with Gasteiger partial charge in [-0.05, 0) is 31.4 Å². The van der Waals surface area contributed by atoms with Gasteiger partial charge in [-0.1, -0.05) is 13.8 Å². The molecule has 0 fully saturated rings. The Morgan fingerprint density at radius 1 is 1.47 bits per heavy atom. The van der Waals surface area contributed by atoms with E-state index < -0.39 is 6.10 Å². The average molecular weight is 208 g/mol. The lowest BCUT2D eigenvalue weighted by atomic mass is 10.0. The van der Waals surface area contributed by atoms with Gasteiger partial charge in [-0.15, -0.1) is 0 Å². The van der Waals surface area contributed by atoms with Crippen molar-refractivity contribution in [3.63, 3.8) is 0 Å². The van der Waals surface area contributed by atoms with Crippen LogP contribution in [0, 0.1) is 6.92 Å². The van der Waals surface area contributed by atoms with Crippen molar-refractivity contribution in [2.75, 3.05) is 11.9 Å². The number of aliphatic hydroxyl groups excluding tert-OH is 1. The first-order valence-corrected chi connectivity index (χ1v) is 5.57. The van der Waals surface area contributed by atoms with Gasteiger partial charge in [0, 0.05) is 18.3 Å². The van der Waals surface area contributed by atoms with Gasteiger partial charge in [0.05, 0.1) is 6.10 Å². The number of nitrogens with one attached hydrogen (secondary N) is 1. The highest BCUT2D eigenvalue weighted by Gasteiger charge is 2.08. The van der Waals surface area contributed by atoms with Crippen LogP contribution in [0.2, 0.25) is 0 Å². The van der Waals surface area contributed by atoms with E-state index in [2.05, 4.69) is 17.2 Å². The van der Waals surface area contributed by atoms with Crippen molar-refractivity contribution in [2.45, 2.75) is 39.7 Å². The molecular formula is C12H20N2O. The second kappa shape index (κ2) is 5.71. The van der Waals surface area contributed by atoms with Crippen LogP contribution in [0.15, 0.2) is 12.3 Å². The van der Waals surface area contributed by atoms with E-state index in [-0.39, 0.29) is 0 Å². The fourth-order valence-electron chi connectivity index (χ4n) is 1.49. The molecule has 0 spiro atoms. The van der Waals surface area contributed by atoms with Gasteiger partial charge >= 0.3 is 0 Å². The van der Waals surface area contributed by atoms with Crippen molar-refractivity contribution in [1.29, 1.82) is 0 Å². The van der Waals surface area contributed by atoms with Crippen molar-refractivity contribution in [1.82, 2.24) is 4.98 Å². The molecule has 0 aliphatic rings. The van der Waals surface area contributed by atoms with E-state index in [1.807, 2.05) is 19.9 Å². The normalized spacial score (nSPS) is 12.5. The number of hydrogen-bond acceptors (Lipinski definition) is 3. The predicted molar refractivity (Wildman–Crippen MR) is 63.0 cm³/mol. The maximum Gasteiger partial charge on any atom is 0.126 e. The minimum Gasteiger partial charge on any atom is -0.388 e. The highest BCUT2D eigenvalue weighted by Crippen LogP contribution is 2.21. The Bertz CT molecular complexity index is 312. The standard InChI is InChI=1S/C12H20N2O/c1-4-6-13-12-7-9(3)10(8-14-12)11(15)5-2/h7-8,11,15H,4-6H2,1-3H3,(H,13,14)/t11-/m1/s1. The van der Waals surface area contributed by atoms with Gasteiger partial charge < -0.3 is 10.4 Å². The highest BCUT2D eigenvalue weighted by atomic mass is 16.3. The molecule has 0 saturated heterocycles. The van der Waals surface area contributed by atoms with Crippen molar-refractivity contribution >= 4 is 5.82 Å². The zero-order valence-electron chi connectivity index (χ0n) is 9.75. The topological polar surface area (TPSA) is 45.1 Å². The molecule has 1 aromatic heterocycles. The monoisotopic (exact) mass is 208 g/mol. The Hall–Kier alpha value is -1.09. The first kappa shape index (κ1) is 12.0. The summed E-state index contributed by atoms with van der Waals surface area (Å²) in [5, 5.41) is 12.9. The number of aromatic nitrogens is 1. The molecule has 1 heterocycles.